The first-order valence-corrected chi connectivity index (χ1v) is 6.19. The van der Waals surface area contributed by atoms with Crippen molar-refractivity contribution in [3.8, 4) is 5.88 Å². The standard InChI is InChI=1S/C15H19N3O/c1-10-5-6-11(2)12(9-10)15(3,16)13-14(19-4)18-8-7-17-13/h5-9H,16H2,1-4H3. The van der Waals surface area contributed by atoms with Crippen LogP contribution in [0.4, 0.5) is 0 Å². The number of aryl methyl sites for hydroxylation is 2. The summed E-state index contributed by atoms with van der Waals surface area (Å²) in [5.41, 5.74) is 9.76. The number of rotatable bonds is 3. The Balaban J connectivity index is 2.61. The SMILES string of the molecule is COc1nccnc1C(C)(N)c1cc(C)ccc1C. The van der Waals surface area contributed by atoms with Gasteiger partial charge in [-0.15, -0.1) is 0 Å². The lowest BCUT2D eigenvalue weighted by molar-refractivity contribution is 0.376. The fourth-order valence-corrected chi connectivity index (χ4v) is 2.25. The van der Waals surface area contributed by atoms with Gasteiger partial charge < -0.3 is 10.5 Å². The summed E-state index contributed by atoms with van der Waals surface area (Å²) in [6, 6.07) is 6.23. The minimum atomic E-state index is -0.740. The predicted molar refractivity (Wildman–Crippen MR) is 75.1 cm³/mol. The van der Waals surface area contributed by atoms with Crippen molar-refractivity contribution in [3.05, 3.63) is 53.0 Å². The molecule has 4 heteroatoms. The summed E-state index contributed by atoms with van der Waals surface area (Å²) in [4.78, 5) is 8.53. The second-order valence-electron chi connectivity index (χ2n) is 4.93. The van der Waals surface area contributed by atoms with Gasteiger partial charge in [0.2, 0.25) is 5.88 Å². The highest BCUT2D eigenvalue weighted by Crippen LogP contribution is 2.32. The molecule has 2 N–H and O–H groups in total. The van der Waals surface area contributed by atoms with Crippen LogP contribution in [0.25, 0.3) is 0 Å². The Bertz CT molecular complexity index is 594. The fourth-order valence-electron chi connectivity index (χ4n) is 2.25. The van der Waals surface area contributed by atoms with E-state index in [1.807, 2.05) is 20.8 Å². The summed E-state index contributed by atoms with van der Waals surface area (Å²) in [6.07, 6.45) is 3.23. The van der Waals surface area contributed by atoms with Crippen LogP contribution in [0.1, 0.15) is 29.3 Å². The number of aromatic nitrogens is 2. The molecule has 4 nitrogen and oxygen atoms in total. The molecule has 0 spiro atoms. The Morgan fingerprint density at radius 1 is 1.16 bits per heavy atom. The van der Waals surface area contributed by atoms with E-state index in [0.29, 0.717) is 11.6 Å². The lowest BCUT2D eigenvalue weighted by Crippen LogP contribution is -2.36. The molecule has 100 valence electrons. The van der Waals surface area contributed by atoms with Crippen LogP contribution in [0.2, 0.25) is 0 Å². The summed E-state index contributed by atoms with van der Waals surface area (Å²) in [6.45, 7) is 6.02. The molecule has 2 rings (SSSR count). The lowest BCUT2D eigenvalue weighted by atomic mass is 9.85. The van der Waals surface area contributed by atoms with Gasteiger partial charge in [-0.1, -0.05) is 23.8 Å². The molecule has 0 fully saturated rings. The molecule has 1 heterocycles. The molecule has 0 radical (unpaired) electrons. The molecule has 1 atom stereocenters. The highest BCUT2D eigenvalue weighted by Gasteiger charge is 2.31. The quantitative estimate of drug-likeness (QED) is 0.916. The van der Waals surface area contributed by atoms with Crippen LogP contribution in [-0.4, -0.2) is 17.1 Å². The van der Waals surface area contributed by atoms with Crippen LogP contribution < -0.4 is 10.5 Å². The van der Waals surface area contributed by atoms with Crippen LogP contribution >= 0.6 is 0 Å². The van der Waals surface area contributed by atoms with Crippen molar-refractivity contribution in [3.63, 3.8) is 0 Å². The van der Waals surface area contributed by atoms with E-state index in [1.54, 1.807) is 19.5 Å². The summed E-state index contributed by atoms with van der Waals surface area (Å²) >= 11 is 0. The van der Waals surface area contributed by atoms with Gasteiger partial charge >= 0.3 is 0 Å². The maximum Gasteiger partial charge on any atom is 0.237 e. The molecule has 1 aromatic heterocycles. The average Bonchev–Trinajstić information content (AvgIpc) is 2.41. The number of hydrogen-bond donors (Lipinski definition) is 1. The van der Waals surface area contributed by atoms with Gasteiger partial charge in [-0.3, -0.25) is 4.98 Å². The average molecular weight is 257 g/mol. The summed E-state index contributed by atoms with van der Waals surface area (Å²) in [7, 11) is 1.58. The normalized spacial score (nSPS) is 13.9. The summed E-state index contributed by atoms with van der Waals surface area (Å²) in [5.74, 6) is 0.466. The minimum absolute atomic E-state index is 0.466. The van der Waals surface area contributed by atoms with Crippen LogP contribution in [0.3, 0.4) is 0 Å². The van der Waals surface area contributed by atoms with Gasteiger partial charge in [0.25, 0.3) is 0 Å². The minimum Gasteiger partial charge on any atom is -0.480 e. The van der Waals surface area contributed by atoms with E-state index < -0.39 is 5.54 Å². The first kappa shape index (κ1) is 13.5. The molecule has 1 aromatic carbocycles. The number of benzene rings is 1. The lowest BCUT2D eigenvalue weighted by Gasteiger charge is -2.27. The molecule has 0 aliphatic carbocycles. The molecular weight excluding hydrogens is 238 g/mol. The Morgan fingerprint density at radius 3 is 2.53 bits per heavy atom. The van der Waals surface area contributed by atoms with Crippen molar-refractivity contribution in [1.29, 1.82) is 0 Å². The molecule has 0 bridgehead atoms. The molecule has 2 aromatic rings. The third-order valence-electron chi connectivity index (χ3n) is 3.30. The van der Waals surface area contributed by atoms with Crippen molar-refractivity contribution in [2.24, 2.45) is 5.73 Å². The zero-order valence-electron chi connectivity index (χ0n) is 11.8. The Kier molecular flexibility index (Phi) is 3.53. The smallest absolute Gasteiger partial charge is 0.237 e. The molecular formula is C15H19N3O. The topological polar surface area (TPSA) is 61.0 Å². The van der Waals surface area contributed by atoms with Crippen LogP contribution in [-0.2, 0) is 5.54 Å². The van der Waals surface area contributed by atoms with Crippen molar-refractivity contribution in [2.75, 3.05) is 7.11 Å². The van der Waals surface area contributed by atoms with E-state index in [1.165, 1.54) is 5.56 Å². The van der Waals surface area contributed by atoms with Gasteiger partial charge in [0, 0.05) is 12.4 Å². The van der Waals surface area contributed by atoms with Crippen molar-refractivity contribution < 1.29 is 4.74 Å². The van der Waals surface area contributed by atoms with E-state index in [-0.39, 0.29) is 0 Å². The molecule has 0 saturated carbocycles. The monoisotopic (exact) mass is 257 g/mol. The van der Waals surface area contributed by atoms with Gasteiger partial charge in [-0.05, 0) is 31.9 Å². The fraction of sp³-hybridized carbons (Fsp3) is 0.333. The zero-order valence-corrected chi connectivity index (χ0v) is 11.8. The van der Waals surface area contributed by atoms with Gasteiger partial charge in [0.05, 0.1) is 12.6 Å². The molecule has 0 amide bonds. The van der Waals surface area contributed by atoms with E-state index in [4.69, 9.17) is 10.5 Å². The third-order valence-corrected chi connectivity index (χ3v) is 3.30. The van der Waals surface area contributed by atoms with Crippen molar-refractivity contribution in [1.82, 2.24) is 9.97 Å². The van der Waals surface area contributed by atoms with E-state index in [2.05, 4.69) is 28.2 Å². The zero-order chi connectivity index (χ0) is 14.0. The molecule has 1 unspecified atom stereocenters. The number of nitrogens with two attached hydrogens (primary N) is 1. The maximum absolute atomic E-state index is 6.52. The largest absolute Gasteiger partial charge is 0.480 e. The highest BCUT2D eigenvalue weighted by molar-refractivity contribution is 5.43. The first-order valence-electron chi connectivity index (χ1n) is 6.19. The van der Waals surface area contributed by atoms with Crippen LogP contribution in [0.15, 0.2) is 30.6 Å². The molecule has 0 saturated heterocycles. The second-order valence-corrected chi connectivity index (χ2v) is 4.93. The van der Waals surface area contributed by atoms with E-state index >= 15 is 0 Å². The van der Waals surface area contributed by atoms with Gasteiger partial charge in [-0.2, -0.15) is 0 Å². The first-order chi connectivity index (χ1) is 8.96. The van der Waals surface area contributed by atoms with E-state index in [0.717, 1.165) is 11.1 Å². The Labute approximate surface area is 113 Å². The number of hydrogen-bond acceptors (Lipinski definition) is 4. The van der Waals surface area contributed by atoms with Crippen LogP contribution in [0.5, 0.6) is 5.88 Å². The molecule has 19 heavy (non-hydrogen) atoms. The third kappa shape index (κ3) is 2.44. The number of ether oxygens (including phenoxy) is 1. The summed E-state index contributed by atoms with van der Waals surface area (Å²) in [5, 5.41) is 0. The van der Waals surface area contributed by atoms with Gasteiger partial charge in [0.1, 0.15) is 5.69 Å². The summed E-state index contributed by atoms with van der Waals surface area (Å²) < 4.78 is 5.27. The number of methoxy groups -OCH3 is 1. The highest BCUT2D eigenvalue weighted by atomic mass is 16.5. The Hall–Kier alpha value is -1.94. The molecule has 0 aliphatic rings. The maximum atomic E-state index is 6.52. The second kappa shape index (κ2) is 4.97. The van der Waals surface area contributed by atoms with Crippen molar-refractivity contribution >= 4 is 0 Å². The van der Waals surface area contributed by atoms with Crippen molar-refractivity contribution in [2.45, 2.75) is 26.3 Å². The van der Waals surface area contributed by atoms with Gasteiger partial charge in [-0.25, -0.2) is 4.98 Å². The molecule has 0 aliphatic heterocycles. The number of nitrogens with zero attached hydrogens (tertiary/aromatic N) is 2. The van der Waals surface area contributed by atoms with Gasteiger partial charge in [0.15, 0.2) is 0 Å². The Morgan fingerprint density at radius 2 is 1.84 bits per heavy atom. The van der Waals surface area contributed by atoms with Crippen LogP contribution in [0, 0.1) is 13.8 Å². The van der Waals surface area contributed by atoms with E-state index in [9.17, 15) is 0 Å². The predicted octanol–water partition coefficient (Wildman–Crippen LogP) is 2.32.